The van der Waals surface area contributed by atoms with Crippen molar-refractivity contribution in [2.24, 2.45) is 5.92 Å². The van der Waals surface area contributed by atoms with Gasteiger partial charge in [0.1, 0.15) is 12.4 Å². The number of hydrogen-bond acceptors (Lipinski definition) is 3. The van der Waals surface area contributed by atoms with Crippen molar-refractivity contribution in [3.05, 3.63) is 59.7 Å². The van der Waals surface area contributed by atoms with Gasteiger partial charge in [-0.25, -0.2) is 0 Å². The van der Waals surface area contributed by atoms with Gasteiger partial charge in [0.15, 0.2) is 0 Å². The third-order valence-corrected chi connectivity index (χ3v) is 4.51. The van der Waals surface area contributed by atoms with Crippen molar-refractivity contribution in [3.63, 3.8) is 0 Å². The van der Waals surface area contributed by atoms with Gasteiger partial charge in [0.05, 0.1) is 5.92 Å². The van der Waals surface area contributed by atoms with Crippen molar-refractivity contribution in [3.8, 4) is 5.75 Å². The molecule has 25 heavy (non-hydrogen) atoms. The predicted octanol–water partition coefficient (Wildman–Crippen LogP) is 3.93. The Kier molecular flexibility index (Phi) is 7.29. The molecular formula is C20H25ClN2O2. The van der Waals surface area contributed by atoms with Crippen LogP contribution in [0.4, 0.5) is 5.69 Å². The van der Waals surface area contributed by atoms with Crippen LogP contribution in [-0.2, 0) is 11.4 Å². The van der Waals surface area contributed by atoms with Crippen molar-refractivity contribution in [1.29, 1.82) is 0 Å². The van der Waals surface area contributed by atoms with E-state index in [1.54, 1.807) is 0 Å². The summed E-state index contributed by atoms with van der Waals surface area (Å²) in [5, 5.41) is 6.37. The first-order valence-corrected chi connectivity index (χ1v) is 8.52. The molecule has 2 N–H and O–H groups in total. The van der Waals surface area contributed by atoms with Crippen LogP contribution in [0.15, 0.2) is 48.5 Å². The topological polar surface area (TPSA) is 50.4 Å². The lowest BCUT2D eigenvalue weighted by molar-refractivity contribution is -0.120. The number of piperidine rings is 1. The third kappa shape index (κ3) is 5.21. The first-order valence-electron chi connectivity index (χ1n) is 8.52. The van der Waals surface area contributed by atoms with Crippen LogP contribution in [0.5, 0.6) is 5.75 Å². The average Bonchev–Trinajstić information content (AvgIpc) is 2.64. The van der Waals surface area contributed by atoms with Crippen LogP contribution in [0, 0.1) is 12.8 Å². The van der Waals surface area contributed by atoms with E-state index in [9.17, 15) is 4.79 Å². The number of amides is 1. The van der Waals surface area contributed by atoms with Crippen molar-refractivity contribution < 1.29 is 9.53 Å². The number of halogens is 1. The summed E-state index contributed by atoms with van der Waals surface area (Å²) in [6.45, 7) is 4.29. The van der Waals surface area contributed by atoms with E-state index in [1.807, 2.05) is 55.5 Å². The van der Waals surface area contributed by atoms with E-state index in [-0.39, 0.29) is 24.2 Å². The minimum absolute atomic E-state index is 0. The van der Waals surface area contributed by atoms with Crippen LogP contribution < -0.4 is 15.4 Å². The maximum absolute atomic E-state index is 12.4. The molecule has 1 saturated heterocycles. The zero-order valence-corrected chi connectivity index (χ0v) is 15.3. The van der Waals surface area contributed by atoms with Crippen LogP contribution in [0.25, 0.3) is 0 Å². The molecule has 1 amide bonds. The summed E-state index contributed by atoms with van der Waals surface area (Å²) in [5.74, 6) is 1.01. The second-order valence-electron chi connectivity index (χ2n) is 6.22. The molecule has 0 bridgehead atoms. The van der Waals surface area contributed by atoms with Gasteiger partial charge in [-0.2, -0.15) is 0 Å². The Hall–Kier alpha value is -2.04. The number of carbonyl (C=O) groups excluding carboxylic acids is 1. The number of rotatable bonds is 5. The molecule has 1 heterocycles. The largest absolute Gasteiger partial charge is 0.489 e. The number of nitrogens with one attached hydrogen (secondary N) is 2. The van der Waals surface area contributed by atoms with Gasteiger partial charge >= 0.3 is 0 Å². The molecule has 0 saturated carbocycles. The van der Waals surface area contributed by atoms with Crippen molar-refractivity contribution in [2.45, 2.75) is 26.4 Å². The number of carbonyl (C=O) groups is 1. The molecule has 0 radical (unpaired) electrons. The average molecular weight is 361 g/mol. The quantitative estimate of drug-likeness (QED) is 0.849. The fourth-order valence-electron chi connectivity index (χ4n) is 2.96. The summed E-state index contributed by atoms with van der Waals surface area (Å²) in [4.78, 5) is 12.4. The fraction of sp³-hybridized carbons (Fsp3) is 0.350. The molecule has 2 aromatic carbocycles. The molecule has 1 fully saturated rings. The van der Waals surface area contributed by atoms with E-state index in [0.29, 0.717) is 6.61 Å². The summed E-state index contributed by atoms with van der Waals surface area (Å²) < 4.78 is 5.83. The second-order valence-corrected chi connectivity index (χ2v) is 6.22. The van der Waals surface area contributed by atoms with E-state index in [2.05, 4.69) is 10.6 Å². The molecular weight excluding hydrogens is 336 g/mol. The minimum Gasteiger partial charge on any atom is -0.489 e. The van der Waals surface area contributed by atoms with Gasteiger partial charge in [0, 0.05) is 12.2 Å². The maximum atomic E-state index is 12.4. The smallest absolute Gasteiger partial charge is 0.228 e. The molecule has 1 unspecified atom stereocenters. The fourth-order valence-corrected chi connectivity index (χ4v) is 2.96. The Morgan fingerprint density at radius 1 is 1.20 bits per heavy atom. The number of anilines is 1. The third-order valence-electron chi connectivity index (χ3n) is 4.51. The Morgan fingerprint density at radius 3 is 2.72 bits per heavy atom. The second kappa shape index (κ2) is 9.44. The van der Waals surface area contributed by atoms with E-state index in [4.69, 9.17) is 4.74 Å². The molecule has 134 valence electrons. The van der Waals surface area contributed by atoms with Gasteiger partial charge in [-0.1, -0.05) is 30.3 Å². The molecule has 1 aliphatic heterocycles. The van der Waals surface area contributed by atoms with Crippen LogP contribution in [-0.4, -0.2) is 19.0 Å². The monoisotopic (exact) mass is 360 g/mol. The molecule has 3 rings (SSSR count). The zero-order valence-electron chi connectivity index (χ0n) is 14.5. The SMILES string of the molecule is Cc1c(COc2ccccc2)cccc1NC(=O)C1CCCNC1.Cl. The van der Waals surface area contributed by atoms with Crippen LogP contribution in [0.1, 0.15) is 24.0 Å². The molecule has 0 spiro atoms. The van der Waals surface area contributed by atoms with Crippen LogP contribution >= 0.6 is 12.4 Å². The van der Waals surface area contributed by atoms with Crippen molar-refractivity contribution >= 4 is 24.0 Å². The zero-order chi connectivity index (χ0) is 16.8. The number of benzene rings is 2. The first kappa shape index (κ1) is 19.3. The Labute approximate surface area is 155 Å². The number of ether oxygens (including phenoxy) is 1. The van der Waals surface area contributed by atoms with Gasteiger partial charge in [0.25, 0.3) is 0 Å². The minimum atomic E-state index is 0. The Morgan fingerprint density at radius 2 is 2.00 bits per heavy atom. The lowest BCUT2D eigenvalue weighted by atomic mass is 9.98. The molecule has 5 heteroatoms. The molecule has 1 atom stereocenters. The number of hydrogen-bond donors (Lipinski definition) is 2. The highest BCUT2D eigenvalue weighted by atomic mass is 35.5. The van der Waals surface area contributed by atoms with Crippen molar-refractivity contribution in [1.82, 2.24) is 5.32 Å². The van der Waals surface area contributed by atoms with Crippen molar-refractivity contribution in [2.75, 3.05) is 18.4 Å². The molecule has 0 aromatic heterocycles. The first-order chi connectivity index (χ1) is 11.7. The molecule has 0 aliphatic carbocycles. The normalized spacial score (nSPS) is 16.6. The lowest BCUT2D eigenvalue weighted by Crippen LogP contribution is -2.37. The van der Waals surface area contributed by atoms with Crippen LogP contribution in [0.2, 0.25) is 0 Å². The van der Waals surface area contributed by atoms with Gasteiger partial charge in [-0.15, -0.1) is 12.4 Å². The standard InChI is InChI=1S/C20H24N2O2.ClH/c1-15-17(14-24-18-9-3-2-4-10-18)7-5-11-19(15)22-20(23)16-8-6-12-21-13-16;/h2-5,7,9-11,16,21H,6,8,12-14H2,1H3,(H,22,23);1H. The van der Waals surface area contributed by atoms with E-state index in [0.717, 1.165) is 48.5 Å². The molecule has 4 nitrogen and oxygen atoms in total. The maximum Gasteiger partial charge on any atom is 0.228 e. The highest BCUT2D eigenvalue weighted by Gasteiger charge is 2.21. The van der Waals surface area contributed by atoms with E-state index < -0.39 is 0 Å². The highest BCUT2D eigenvalue weighted by molar-refractivity contribution is 5.93. The predicted molar refractivity (Wildman–Crippen MR) is 103 cm³/mol. The summed E-state index contributed by atoms with van der Waals surface area (Å²) in [7, 11) is 0. The summed E-state index contributed by atoms with van der Waals surface area (Å²) >= 11 is 0. The molecule has 1 aliphatic rings. The Balaban J connectivity index is 0.00000225. The summed E-state index contributed by atoms with van der Waals surface area (Å²) in [6.07, 6.45) is 2.01. The Bertz CT molecular complexity index is 685. The summed E-state index contributed by atoms with van der Waals surface area (Å²) in [5.41, 5.74) is 3.02. The molecule has 2 aromatic rings. The summed E-state index contributed by atoms with van der Waals surface area (Å²) in [6, 6.07) is 15.7. The van der Waals surface area contributed by atoms with Gasteiger partial charge in [-0.05, 0) is 55.6 Å². The van der Waals surface area contributed by atoms with E-state index in [1.165, 1.54) is 0 Å². The van der Waals surface area contributed by atoms with Gasteiger partial charge in [0.2, 0.25) is 5.91 Å². The van der Waals surface area contributed by atoms with E-state index >= 15 is 0 Å². The highest BCUT2D eigenvalue weighted by Crippen LogP contribution is 2.22. The van der Waals surface area contributed by atoms with Gasteiger partial charge in [-0.3, -0.25) is 4.79 Å². The number of para-hydroxylation sites is 1. The van der Waals surface area contributed by atoms with Crippen LogP contribution in [0.3, 0.4) is 0 Å². The lowest BCUT2D eigenvalue weighted by Gasteiger charge is -2.22. The van der Waals surface area contributed by atoms with Gasteiger partial charge < -0.3 is 15.4 Å².